The van der Waals surface area contributed by atoms with Crippen LogP contribution in [0, 0.1) is 9.39 Å². The molecular weight excluding hydrogens is 307 g/mol. The topological polar surface area (TPSA) is 29.1 Å². The third-order valence-corrected chi connectivity index (χ3v) is 2.24. The molecule has 0 aromatic heterocycles. The number of alkyl halides is 1. The highest BCUT2D eigenvalue weighted by Gasteiger charge is 2.05. The lowest BCUT2D eigenvalue weighted by Gasteiger charge is -2.03. The SMILES string of the molecule is O=C(CCl)Nc1ccc(I)cc1F. The van der Waals surface area contributed by atoms with Crippen LogP contribution in [-0.4, -0.2) is 11.8 Å². The first-order valence-electron chi connectivity index (χ1n) is 3.44. The minimum Gasteiger partial charge on any atom is -0.323 e. The predicted molar refractivity (Wildman–Crippen MR) is 58.5 cm³/mol. The fourth-order valence-corrected chi connectivity index (χ4v) is 1.29. The van der Waals surface area contributed by atoms with Crippen LogP contribution in [0.2, 0.25) is 0 Å². The van der Waals surface area contributed by atoms with E-state index in [1.807, 2.05) is 22.6 Å². The van der Waals surface area contributed by atoms with Crippen LogP contribution >= 0.6 is 34.2 Å². The van der Waals surface area contributed by atoms with E-state index in [0.29, 0.717) is 0 Å². The average molecular weight is 313 g/mol. The molecule has 0 aliphatic carbocycles. The molecule has 0 fully saturated rings. The number of benzene rings is 1. The molecule has 0 saturated carbocycles. The smallest absolute Gasteiger partial charge is 0.239 e. The molecule has 5 heteroatoms. The van der Waals surface area contributed by atoms with Gasteiger partial charge in [-0.3, -0.25) is 4.79 Å². The second kappa shape index (κ2) is 4.76. The van der Waals surface area contributed by atoms with E-state index in [1.54, 1.807) is 6.07 Å². The Bertz CT molecular complexity index is 332. The van der Waals surface area contributed by atoms with Gasteiger partial charge in [0.25, 0.3) is 0 Å². The Hall–Kier alpha value is -0.360. The maximum absolute atomic E-state index is 13.1. The van der Waals surface area contributed by atoms with Crippen molar-refractivity contribution in [1.82, 2.24) is 0 Å². The average Bonchev–Trinajstić information content (AvgIpc) is 2.09. The fraction of sp³-hybridized carbons (Fsp3) is 0.125. The molecule has 2 nitrogen and oxygen atoms in total. The number of nitrogens with one attached hydrogen (secondary N) is 1. The molecule has 13 heavy (non-hydrogen) atoms. The van der Waals surface area contributed by atoms with Crippen molar-refractivity contribution in [2.24, 2.45) is 0 Å². The number of rotatable bonds is 2. The van der Waals surface area contributed by atoms with Crippen molar-refractivity contribution >= 4 is 45.8 Å². The van der Waals surface area contributed by atoms with Gasteiger partial charge in [-0.2, -0.15) is 0 Å². The monoisotopic (exact) mass is 313 g/mol. The number of hydrogen-bond acceptors (Lipinski definition) is 1. The summed E-state index contributed by atoms with van der Waals surface area (Å²) < 4.78 is 13.9. The maximum Gasteiger partial charge on any atom is 0.239 e. The Morgan fingerprint density at radius 2 is 2.31 bits per heavy atom. The van der Waals surface area contributed by atoms with Crippen LogP contribution in [0.25, 0.3) is 0 Å². The largest absolute Gasteiger partial charge is 0.323 e. The predicted octanol–water partition coefficient (Wildman–Crippen LogP) is 2.61. The summed E-state index contributed by atoms with van der Waals surface area (Å²) in [7, 11) is 0. The molecule has 0 unspecified atom stereocenters. The zero-order valence-electron chi connectivity index (χ0n) is 6.48. The molecule has 0 atom stereocenters. The second-order valence-electron chi connectivity index (χ2n) is 2.31. The highest BCUT2D eigenvalue weighted by molar-refractivity contribution is 14.1. The van der Waals surface area contributed by atoms with Crippen LogP contribution < -0.4 is 5.32 Å². The third-order valence-electron chi connectivity index (χ3n) is 1.33. The molecule has 0 aliphatic rings. The molecule has 1 aromatic rings. The van der Waals surface area contributed by atoms with Crippen molar-refractivity contribution in [2.75, 3.05) is 11.2 Å². The van der Waals surface area contributed by atoms with Gasteiger partial charge in [0.1, 0.15) is 11.7 Å². The van der Waals surface area contributed by atoms with Crippen LogP contribution in [0.15, 0.2) is 18.2 Å². The summed E-state index contributed by atoms with van der Waals surface area (Å²) in [6.07, 6.45) is 0. The maximum atomic E-state index is 13.1. The third kappa shape index (κ3) is 3.11. The number of hydrogen-bond donors (Lipinski definition) is 1. The molecule has 0 aliphatic heterocycles. The zero-order chi connectivity index (χ0) is 9.84. The molecular formula is C8H6ClFINO. The first-order valence-corrected chi connectivity index (χ1v) is 5.05. The van der Waals surface area contributed by atoms with Crippen molar-refractivity contribution < 1.29 is 9.18 Å². The normalized spacial score (nSPS) is 9.77. The highest BCUT2D eigenvalue weighted by atomic mass is 127. The molecule has 0 spiro atoms. The van der Waals surface area contributed by atoms with Crippen molar-refractivity contribution in [3.05, 3.63) is 27.6 Å². The van der Waals surface area contributed by atoms with Gasteiger partial charge in [-0.15, -0.1) is 11.6 Å². The first-order chi connectivity index (χ1) is 6.13. The van der Waals surface area contributed by atoms with Crippen molar-refractivity contribution in [2.45, 2.75) is 0 Å². The molecule has 0 heterocycles. The highest BCUT2D eigenvalue weighted by Crippen LogP contribution is 2.16. The molecule has 1 rings (SSSR count). The van der Waals surface area contributed by atoms with Crippen molar-refractivity contribution in [3.63, 3.8) is 0 Å². The Morgan fingerprint density at radius 3 is 2.85 bits per heavy atom. The van der Waals surface area contributed by atoms with Gasteiger partial charge in [-0.25, -0.2) is 4.39 Å². The first kappa shape index (κ1) is 10.7. The standard InChI is InChI=1S/C8H6ClFINO/c9-4-8(13)12-7-2-1-5(11)3-6(7)10/h1-3H,4H2,(H,12,13). The van der Waals surface area contributed by atoms with Gasteiger partial charge >= 0.3 is 0 Å². The Morgan fingerprint density at radius 1 is 1.62 bits per heavy atom. The molecule has 1 N–H and O–H groups in total. The number of amides is 1. The number of carbonyl (C=O) groups excluding carboxylic acids is 1. The van der Waals surface area contributed by atoms with Crippen molar-refractivity contribution in [1.29, 1.82) is 0 Å². The Labute approximate surface area is 93.6 Å². The lowest BCUT2D eigenvalue weighted by atomic mass is 10.3. The van der Waals surface area contributed by atoms with Gasteiger partial charge in [0.15, 0.2) is 0 Å². The Balaban J connectivity index is 2.83. The van der Waals surface area contributed by atoms with E-state index in [2.05, 4.69) is 5.32 Å². The minimum atomic E-state index is -0.453. The van der Waals surface area contributed by atoms with Crippen LogP contribution in [-0.2, 0) is 4.79 Å². The van der Waals surface area contributed by atoms with Gasteiger partial charge in [0.05, 0.1) is 5.69 Å². The Kier molecular flexibility index (Phi) is 3.92. The molecule has 1 amide bonds. The van der Waals surface area contributed by atoms with E-state index in [1.165, 1.54) is 12.1 Å². The number of halogens is 3. The van der Waals surface area contributed by atoms with E-state index in [-0.39, 0.29) is 11.6 Å². The quantitative estimate of drug-likeness (QED) is 0.660. The fourth-order valence-electron chi connectivity index (χ4n) is 0.774. The lowest BCUT2D eigenvalue weighted by molar-refractivity contribution is -0.113. The van der Waals surface area contributed by atoms with E-state index in [4.69, 9.17) is 11.6 Å². The van der Waals surface area contributed by atoms with Gasteiger partial charge in [-0.05, 0) is 40.8 Å². The van der Waals surface area contributed by atoms with Crippen molar-refractivity contribution in [3.8, 4) is 0 Å². The van der Waals surface area contributed by atoms with Crippen LogP contribution in [0.1, 0.15) is 0 Å². The molecule has 0 radical (unpaired) electrons. The van der Waals surface area contributed by atoms with E-state index >= 15 is 0 Å². The second-order valence-corrected chi connectivity index (χ2v) is 3.82. The van der Waals surface area contributed by atoms with Crippen LogP contribution in [0.4, 0.5) is 10.1 Å². The lowest BCUT2D eigenvalue weighted by Crippen LogP contribution is -2.13. The summed E-state index contributed by atoms with van der Waals surface area (Å²) >= 11 is 7.24. The summed E-state index contributed by atoms with van der Waals surface area (Å²) in [6.45, 7) is 0. The minimum absolute atomic E-state index is 0.158. The van der Waals surface area contributed by atoms with E-state index < -0.39 is 11.7 Å². The van der Waals surface area contributed by atoms with Gasteiger partial charge in [0, 0.05) is 3.57 Å². The summed E-state index contributed by atoms with van der Waals surface area (Å²) in [5.41, 5.74) is 0.158. The van der Waals surface area contributed by atoms with E-state index in [0.717, 1.165) is 3.57 Å². The molecule has 70 valence electrons. The summed E-state index contributed by atoms with van der Waals surface area (Å²) in [6, 6.07) is 4.54. The van der Waals surface area contributed by atoms with Gasteiger partial charge in [0.2, 0.25) is 5.91 Å². The summed E-state index contributed by atoms with van der Waals surface area (Å²) in [4.78, 5) is 10.8. The molecule has 0 bridgehead atoms. The zero-order valence-corrected chi connectivity index (χ0v) is 9.39. The van der Waals surface area contributed by atoms with Gasteiger partial charge in [-0.1, -0.05) is 0 Å². The van der Waals surface area contributed by atoms with Crippen LogP contribution in [0.5, 0.6) is 0 Å². The molecule has 0 saturated heterocycles. The summed E-state index contributed by atoms with van der Waals surface area (Å²) in [5.74, 6) is -1.04. The van der Waals surface area contributed by atoms with Gasteiger partial charge < -0.3 is 5.32 Å². The molecule has 1 aromatic carbocycles. The van der Waals surface area contributed by atoms with E-state index in [9.17, 15) is 9.18 Å². The van der Waals surface area contributed by atoms with Crippen LogP contribution in [0.3, 0.4) is 0 Å². The number of carbonyl (C=O) groups is 1. The summed E-state index contributed by atoms with van der Waals surface area (Å²) in [5, 5.41) is 2.34. The number of anilines is 1.